The van der Waals surface area contributed by atoms with E-state index in [2.05, 4.69) is 15.4 Å². The first-order chi connectivity index (χ1) is 13.7. The molecule has 0 radical (unpaired) electrons. The minimum Gasteiger partial charge on any atom is -0.348 e. The maximum absolute atomic E-state index is 12.9. The molecule has 0 bridgehead atoms. The molecule has 0 saturated carbocycles. The van der Waals surface area contributed by atoms with E-state index in [9.17, 15) is 4.79 Å². The van der Waals surface area contributed by atoms with Crippen molar-refractivity contribution in [1.82, 2.24) is 20.1 Å². The van der Waals surface area contributed by atoms with E-state index in [1.807, 2.05) is 60.7 Å². The van der Waals surface area contributed by atoms with Crippen LogP contribution in [0.15, 0.2) is 85.3 Å². The Morgan fingerprint density at radius 1 is 1.00 bits per heavy atom. The Kier molecular flexibility index (Phi) is 5.17. The van der Waals surface area contributed by atoms with Gasteiger partial charge < -0.3 is 5.32 Å². The molecule has 0 aliphatic carbocycles. The molecule has 0 spiro atoms. The summed E-state index contributed by atoms with van der Waals surface area (Å²) in [6.07, 6.45) is 5.12. The number of carbonyl (C=O) groups excluding carboxylic acids is 1. The van der Waals surface area contributed by atoms with Crippen LogP contribution in [0.4, 0.5) is 0 Å². The number of aromatic nitrogens is 3. The lowest BCUT2D eigenvalue weighted by Crippen LogP contribution is -2.23. The van der Waals surface area contributed by atoms with Gasteiger partial charge in [-0.2, -0.15) is 5.10 Å². The van der Waals surface area contributed by atoms with E-state index < -0.39 is 0 Å². The van der Waals surface area contributed by atoms with E-state index in [-0.39, 0.29) is 5.91 Å². The van der Waals surface area contributed by atoms with Crippen LogP contribution < -0.4 is 5.32 Å². The minimum absolute atomic E-state index is 0.221. The average Bonchev–Trinajstić information content (AvgIpc) is 3.20. The standard InChI is InChI=1S/C22H17ClN4O/c23-20-11-5-4-7-16(20)14-25-22(28)19-15-27(18-9-2-1-3-10-18)26-21(19)17-8-6-12-24-13-17/h1-13,15H,14H2,(H,25,28). The number of amides is 1. The molecule has 5 nitrogen and oxygen atoms in total. The van der Waals surface area contributed by atoms with Crippen LogP contribution in [0.3, 0.4) is 0 Å². The van der Waals surface area contributed by atoms with Crippen molar-refractivity contribution in [2.45, 2.75) is 6.54 Å². The molecule has 6 heteroatoms. The molecule has 2 aromatic carbocycles. The number of para-hydroxylation sites is 1. The van der Waals surface area contributed by atoms with Gasteiger partial charge in [0.05, 0.1) is 11.3 Å². The van der Waals surface area contributed by atoms with Gasteiger partial charge in [-0.25, -0.2) is 4.68 Å². The highest BCUT2D eigenvalue weighted by atomic mass is 35.5. The summed E-state index contributed by atoms with van der Waals surface area (Å²) in [5, 5.41) is 8.19. The van der Waals surface area contributed by atoms with Crippen LogP contribution in [-0.4, -0.2) is 20.7 Å². The summed E-state index contributed by atoms with van der Waals surface area (Å²) in [6, 6.07) is 20.8. The second-order valence-corrected chi connectivity index (χ2v) is 6.59. The van der Waals surface area contributed by atoms with Crippen LogP contribution in [0.2, 0.25) is 5.02 Å². The fraction of sp³-hybridized carbons (Fsp3) is 0.0455. The summed E-state index contributed by atoms with van der Waals surface area (Å²) in [5.74, 6) is -0.221. The molecule has 2 aromatic heterocycles. The lowest BCUT2D eigenvalue weighted by Gasteiger charge is -2.07. The maximum atomic E-state index is 12.9. The second kappa shape index (κ2) is 8.06. The van der Waals surface area contributed by atoms with Gasteiger partial charge in [0.2, 0.25) is 0 Å². The summed E-state index contributed by atoms with van der Waals surface area (Å²) in [5.41, 5.74) is 3.56. The highest BCUT2D eigenvalue weighted by molar-refractivity contribution is 6.31. The fourth-order valence-corrected chi connectivity index (χ4v) is 3.08. The number of nitrogens with zero attached hydrogens (tertiary/aromatic N) is 3. The predicted octanol–water partition coefficient (Wildman–Crippen LogP) is 4.52. The van der Waals surface area contributed by atoms with E-state index in [1.54, 1.807) is 29.3 Å². The maximum Gasteiger partial charge on any atom is 0.255 e. The third-order valence-corrected chi connectivity index (χ3v) is 4.68. The van der Waals surface area contributed by atoms with E-state index in [0.717, 1.165) is 16.8 Å². The lowest BCUT2D eigenvalue weighted by molar-refractivity contribution is 0.0951. The van der Waals surface area contributed by atoms with E-state index in [1.165, 1.54) is 0 Å². The van der Waals surface area contributed by atoms with E-state index in [4.69, 9.17) is 11.6 Å². The highest BCUT2D eigenvalue weighted by Gasteiger charge is 2.19. The van der Waals surface area contributed by atoms with Crippen LogP contribution in [0.1, 0.15) is 15.9 Å². The first-order valence-electron chi connectivity index (χ1n) is 8.79. The molecule has 0 saturated heterocycles. The zero-order valence-electron chi connectivity index (χ0n) is 14.9. The molecule has 4 rings (SSSR count). The van der Waals surface area contributed by atoms with Crippen LogP contribution in [0.5, 0.6) is 0 Å². The molecular weight excluding hydrogens is 372 g/mol. The van der Waals surface area contributed by atoms with Crippen molar-refractivity contribution in [3.05, 3.63) is 101 Å². The second-order valence-electron chi connectivity index (χ2n) is 6.19. The Hall–Kier alpha value is -3.44. The topological polar surface area (TPSA) is 59.8 Å². The number of pyridine rings is 1. The van der Waals surface area contributed by atoms with E-state index >= 15 is 0 Å². The number of hydrogen-bond donors (Lipinski definition) is 1. The minimum atomic E-state index is -0.221. The molecule has 0 aliphatic rings. The van der Waals surface area contributed by atoms with Gasteiger partial charge in [-0.05, 0) is 35.9 Å². The number of halogens is 1. The Bertz CT molecular complexity index is 1090. The molecule has 28 heavy (non-hydrogen) atoms. The van der Waals surface area contributed by atoms with Gasteiger partial charge in [0.15, 0.2) is 0 Å². The Morgan fingerprint density at radius 3 is 2.54 bits per heavy atom. The predicted molar refractivity (Wildman–Crippen MR) is 109 cm³/mol. The first kappa shape index (κ1) is 17.9. The molecule has 0 unspecified atom stereocenters. The van der Waals surface area contributed by atoms with Gasteiger partial charge in [0.1, 0.15) is 5.69 Å². The number of rotatable bonds is 5. The zero-order valence-corrected chi connectivity index (χ0v) is 15.7. The normalized spacial score (nSPS) is 10.6. The van der Waals surface area contributed by atoms with Crippen LogP contribution in [-0.2, 0) is 6.54 Å². The van der Waals surface area contributed by atoms with E-state index in [0.29, 0.717) is 22.8 Å². The molecule has 138 valence electrons. The molecule has 0 fully saturated rings. The van der Waals surface area contributed by atoms with Gasteiger partial charge in [0, 0.05) is 35.7 Å². The molecule has 4 aromatic rings. The summed E-state index contributed by atoms with van der Waals surface area (Å²) in [7, 11) is 0. The molecular formula is C22H17ClN4O. The van der Waals surface area contributed by atoms with Crippen LogP contribution in [0.25, 0.3) is 16.9 Å². The summed E-state index contributed by atoms with van der Waals surface area (Å²) in [4.78, 5) is 17.1. The van der Waals surface area contributed by atoms with Gasteiger partial charge in [-0.1, -0.05) is 48.0 Å². The fourth-order valence-electron chi connectivity index (χ4n) is 2.88. The largest absolute Gasteiger partial charge is 0.348 e. The monoisotopic (exact) mass is 388 g/mol. The zero-order chi connectivity index (χ0) is 19.3. The molecule has 1 amide bonds. The van der Waals surface area contributed by atoms with Crippen molar-refractivity contribution < 1.29 is 4.79 Å². The number of carbonyl (C=O) groups is 1. The quantitative estimate of drug-likeness (QED) is 0.547. The molecule has 0 atom stereocenters. The lowest BCUT2D eigenvalue weighted by atomic mass is 10.1. The number of nitrogens with one attached hydrogen (secondary N) is 1. The van der Waals surface area contributed by atoms with Crippen molar-refractivity contribution in [3.63, 3.8) is 0 Å². The van der Waals surface area contributed by atoms with Crippen LogP contribution in [0, 0.1) is 0 Å². The molecule has 1 N–H and O–H groups in total. The van der Waals surface area contributed by atoms with Crippen molar-refractivity contribution >= 4 is 17.5 Å². The summed E-state index contributed by atoms with van der Waals surface area (Å²) >= 11 is 6.19. The van der Waals surface area contributed by atoms with Gasteiger partial charge in [-0.3, -0.25) is 9.78 Å². The molecule has 2 heterocycles. The Labute approximate surface area is 167 Å². The first-order valence-corrected chi connectivity index (χ1v) is 9.17. The summed E-state index contributed by atoms with van der Waals surface area (Å²) in [6.45, 7) is 0.335. The highest BCUT2D eigenvalue weighted by Crippen LogP contribution is 2.23. The summed E-state index contributed by atoms with van der Waals surface area (Å²) < 4.78 is 1.70. The van der Waals surface area contributed by atoms with Crippen molar-refractivity contribution in [2.24, 2.45) is 0 Å². The number of benzene rings is 2. The Balaban J connectivity index is 1.67. The van der Waals surface area contributed by atoms with Gasteiger partial charge in [-0.15, -0.1) is 0 Å². The average molecular weight is 389 g/mol. The van der Waals surface area contributed by atoms with Gasteiger partial charge >= 0.3 is 0 Å². The number of hydrogen-bond acceptors (Lipinski definition) is 3. The third kappa shape index (κ3) is 3.80. The SMILES string of the molecule is O=C(NCc1ccccc1Cl)c1cn(-c2ccccc2)nc1-c1cccnc1. The van der Waals surface area contributed by atoms with Crippen molar-refractivity contribution in [1.29, 1.82) is 0 Å². The smallest absolute Gasteiger partial charge is 0.255 e. The van der Waals surface area contributed by atoms with Gasteiger partial charge in [0.25, 0.3) is 5.91 Å². The van der Waals surface area contributed by atoms with Crippen molar-refractivity contribution in [3.8, 4) is 16.9 Å². The van der Waals surface area contributed by atoms with Crippen molar-refractivity contribution in [2.75, 3.05) is 0 Å². The third-order valence-electron chi connectivity index (χ3n) is 4.31. The van der Waals surface area contributed by atoms with Crippen LogP contribution >= 0.6 is 11.6 Å². The Morgan fingerprint density at radius 2 is 1.79 bits per heavy atom. The molecule has 0 aliphatic heterocycles.